The van der Waals surface area contributed by atoms with Crippen molar-refractivity contribution in [2.75, 3.05) is 0 Å². The summed E-state index contributed by atoms with van der Waals surface area (Å²) >= 11 is 6.03. The van der Waals surface area contributed by atoms with Gasteiger partial charge in [0.1, 0.15) is 0 Å². The Morgan fingerprint density at radius 2 is 2.00 bits per heavy atom. The van der Waals surface area contributed by atoms with Gasteiger partial charge in [0.25, 0.3) is 0 Å². The van der Waals surface area contributed by atoms with Gasteiger partial charge in [0.15, 0.2) is 11.5 Å². The number of aromatic nitrogens is 1. The molecule has 0 aliphatic rings. The van der Waals surface area contributed by atoms with Crippen LogP contribution in [0.5, 0.6) is 0 Å². The lowest BCUT2D eigenvalue weighted by molar-refractivity contribution is 0.0686. The molecule has 0 saturated heterocycles. The van der Waals surface area contributed by atoms with Gasteiger partial charge in [-0.05, 0) is 31.0 Å². The van der Waals surface area contributed by atoms with Gasteiger partial charge in [-0.15, -0.1) is 0 Å². The van der Waals surface area contributed by atoms with Crippen molar-refractivity contribution in [2.24, 2.45) is 0 Å². The topological polar surface area (TPSA) is 63.3 Å². The quantitative estimate of drug-likeness (QED) is 0.889. The second-order valence-corrected chi connectivity index (χ2v) is 4.21. The second kappa shape index (κ2) is 4.22. The Balaban J connectivity index is 2.52. The Labute approximate surface area is 103 Å². The van der Waals surface area contributed by atoms with Crippen LogP contribution < -0.4 is 0 Å². The Morgan fingerprint density at radius 1 is 1.29 bits per heavy atom. The highest BCUT2D eigenvalue weighted by molar-refractivity contribution is 6.31. The van der Waals surface area contributed by atoms with Crippen LogP contribution in [0.4, 0.5) is 0 Å². The lowest BCUT2D eigenvalue weighted by atomic mass is 10.0. The first kappa shape index (κ1) is 11.7. The number of hydrogen-bond donors (Lipinski definition) is 1. The zero-order valence-electron chi connectivity index (χ0n) is 9.32. The molecule has 0 amide bonds. The maximum absolute atomic E-state index is 10.7. The van der Waals surface area contributed by atoms with E-state index in [2.05, 4.69) is 5.16 Å². The predicted octanol–water partition coefficient (Wildman–Crippen LogP) is 3.31. The molecule has 0 aliphatic heterocycles. The van der Waals surface area contributed by atoms with Gasteiger partial charge in [0.2, 0.25) is 0 Å². The summed E-state index contributed by atoms with van der Waals surface area (Å²) in [5.41, 5.74) is 2.56. The molecule has 88 valence electrons. The maximum Gasteiger partial charge on any atom is 0.358 e. The fourth-order valence-electron chi connectivity index (χ4n) is 1.59. The van der Waals surface area contributed by atoms with Crippen LogP contribution in [0.15, 0.2) is 22.7 Å². The summed E-state index contributed by atoms with van der Waals surface area (Å²) in [6.07, 6.45) is 0. The van der Waals surface area contributed by atoms with Crippen LogP contribution in [-0.2, 0) is 0 Å². The summed E-state index contributed by atoms with van der Waals surface area (Å²) < 4.78 is 5.00. The molecule has 1 aromatic carbocycles. The zero-order chi connectivity index (χ0) is 12.6. The van der Waals surface area contributed by atoms with Gasteiger partial charge in [-0.2, -0.15) is 0 Å². The average Bonchev–Trinajstić information content (AvgIpc) is 2.72. The van der Waals surface area contributed by atoms with E-state index >= 15 is 0 Å². The maximum atomic E-state index is 10.7. The largest absolute Gasteiger partial charge is 0.476 e. The molecule has 1 heterocycles. The smallest absolute Gasteiger partial charge is 0.358 e. The molecule has 0 aliphatic carbocycles. The molecule has 2 aromatic rings. The van der Waals surface area contributed by atoms with E-state index in [-0.39, 0.29) is 5.69 Å². The normalized spacial score (nSPS) is 10.5. The molecular formula is C12H10ClNO3. The number of aryl methyl sites for hydroxylation is 2. The first-order chi connectivity index (χ1) is 7.99. The van der Waals surface area contributed by atoms with Crippen LogP contribution >= 0.6 is 11.6 Å². The van der Waals surface area contributed by atoms with Crippen LogP contribution in [0, 0.1) is 13.8 Å². The summed E-state index contributed by atoms with van der Waals surface area (Å²) in [5.74, 6) is -0.710. The number of nitrogens with zero attached hydrogens (tertiary/aromatic N) is 1. The van der Waals surface area contributed by atoms with E-state index < -0.39 is 5.97 Å². The van der Waals surface area contributed by atoms with Crippen molar-refractivity contribution in [1.82, 2.24) is 5.16 Å². The van der Waals surface area contributed by atoms with E-state index in [9.17, 15) is 4.79 Å². The van der Waals surface area contributed by atoms with Gasteiger partial charge in [0, 0.05) is 16.7 Å². The molecule has 0 unspecified atom stereocenters. The Morgan fingerprint density at radius 3 is 2.59 bits per heavy atom. The molecule has 0 saturated carbocycles. The van der Waals surface area contributed by atoms with Crippen LogP contribution in [-0.4, -0.2) is 16.2 Å². The minimum Gasteiger partial charge on any atom is -0.476 e. The molecule has 17 heavy (non-hydrogen) atoms. The van der Waals surface area contributed by atoms with Crippen molar-refractivity contribution in [3.05, 3.63) is 40.0 Å². The predicted molar refractivity (Wildman–Crippen MR) is 63.4 cm³/mol. The van der Waals surface area contributed by atoms with Crippen LogP contribution in [0.1, 0.15) is 21.6 Å². The van der Waals surface area contributed by atoms with Gasteiger partial charge in [-0.3, -0.25) is 0 Å². The molecule has 0 bridgehead atoms. The third-order valence-electron chi connectivity index (χ3n) is 2.50. The minimum atomic E-state index is -1.11. The van der Waals surface area contributed by atoms with Gasteiger partial charge in [0.05, 0.1) is 0 Å². The number of carbonyl (C=O) groups is 1. The molecule has 2 rings (SSSR count). The molecule has 0 radical (unpaired) electrons. The molecular weight excluding hydrogens is 242 g/mol. The summed E-state index contributed by atoms with van der Waals surface area (Å²) in [4.78, 5) is 10.7. The monoisotopic (exact) mass is 251 g/mol. The van der Waals surface area contributed by atoms with Crippen molar-refractivity contribution >= 4 is 17.6 Å². The van der Waals surface area contributed by atoms with Crippen molar-refractivity contribution in [2.45, 2.75) is 13.8 Å². The number of carboxylic acid groups (broad SMARTS) is 1. The number of rotatable bonds is 2. The fourth-order valence-corrected chi connectivity index (χ4v) is 1.76. The van der Waals surface area contributed by atoms with E-state index in [1.54, 1.807) is 6.07 Å². The number of benzene rings is 1. The SMILES string of the molecule is Cc1cc(C)c(-c2cc(C(=O)O)no2)cc1Cl. The molecule has 0 atom stereocenters. The third-order valence-corrected chi connectivity index (χ3v) is 2.91. The third kappa shape index (κ3) is 2.17. The zero-order valence-corrected chi connectivity index (χ0v) is 10.1. The standard InChI is InChI=1S/C12H10ClNO3/c1-6-3-7(2)9(13)4-8(6)11-5-10(12(15)16)14-17-11/h3-5H,1-2H3,(H,15,16). The Bertz CT molecular complexity index is 589. The van der Waals surface area contributed by atoms with Gasteiger partial charge < -0.3 is 9.63 Å². The highest BCUT2D eigenvalue weighted by atomic mass is 35.5. The molecule has 1 aromatic heterocycles. The number of aromatic carboxylic acids is 1. The number of hydrogen-bond acceptors (Lipinski definition) is 3. The van der Waals surface area contributed by atoms with Crippen molar-refractivity contribution in [3.8, 4) is 11.3 Å². The van der Waals surface area contributed by atoms with Crippen molar-refractivity contribution in [3.63, 3.8) is 0 Å². The van der Waals surface area contributed by atoms with E-state index in [1.165, 1.54) is 6.07 Å². The first-order valence-corrected chi connectivity index (χ1v) is 5.34. The van der Waals surface area contributed by atoms with Crippen LogP contribution in [0.2, 0.25) is 5.02 Å². The van der Waals surface area contributed by atoms with E-state index in [0.29, 0.717) is 10.8 Å². The van der Waals surface area contributed by atoms with E-state index in [0.717, 1.165) is 16.7 Å². The van der Waals surface area contributed by atoms with Gasteiger partial charge in [-0.25, -0.2) is 4.79 Å². The fraction of sp³-hybridized carbons (Fsp3) is 0.167. The van der Waals surface area contributed by atoms with Gasteiger partial charge >= 0.3 is 5.97 Å². The summed E-state index contributed by atoms with van der Waals surface area (Å²) in [5, 5.41) is 12.8. The van der Waals surface area contributed by atoms with Crippen LogP contribution in [0.25, 0.3) is 11.3 Å². The minimum absolute atomic E-state index is 0.115. The lowest BCUT2D eigenvalue weighted by Crippen LogP contribution is -1.94. The molecule has 4 nitrogen and oxygen atoms in total. The molecule has 0 fully saturated rings. The highest BCUT2D eigenvalue weighted by Crippen LogP contribution is 2.29. The Hall–Kier alpha value is -1.81. The molecule has 0 spiro atoms. The second-order valence-electron chi connectivity index (χ2n) is 3.80. The first-order valence-electron chi connectivity index (χ1n) is 4.96. The average molecular weight is 252 g/mol. The van der Waals surface area contributed by atoms with Crippen LogP contribution in [0.3, 0.4) is 0 Å². The summed E-state index contributed by atoms with van der Waals surface area (Å²) in [6, 6.07) is 5.05. The van der Waals surface area contributed by atoms with E-state index in [1.807, 2.05) is 19.9 Å². The summed E-state index contributed by atoms with van der Waals surface area (Å²) in [7, 11) is 0. The molecule has 5 heteroatoms. The van der Waals surface area contributed by atoms with Crippen molar-refractivity contribution < 1.29 is 14.4 Å². The van der Waals surface area contributed by atoms with E-state index in [4.69, 9.17) is 21.2 Å². The molecule has 1 N–H and O–H groups in total. The Kier molecular flexibility index (Phi) is 2.90. The number of carboxylic acids is 1. The highest BCUT2D eigenvalue weighted by Gasteiger charge is 2.14. The van der Waals surface area contributed by atoms with Gasteiger partial charge in [-0.1, -0.05) is 22.8 Å². The summed E-state index contributed by atoms with van der Waals surface area (Å²) in [6.45, 7) is 3.81. The van der Waals surface area contributed by atoms with Crippen molar-refractivity contribution in [1.29, 1.82) is 0 Å². The number of halogens is 1. The lowest BCUT2D eigenvalue weighted by Gasteiger charge is -2.05.